The van der Waals surface area contributed by atoms with E-state index in [-0.39, 0.29) is 31.9 Å². The summed E-state index contributed by atoms with van der Waals surface area (Å²) < 4.78 is 38.2. The van der Waals surface area contributed by atoms with Crippen molar-refractivity contribution in [3.63, 3.8) is 0 Å². The smallest absolute Gasteiger partial charge is 0.414 e. The van der Waals surface area contributed by atoms with Gasteiger partial charge < -0.3 is 9.47 Å². The van der Waals surface area contributed by atoms with E-state index >= 15 is 0 Å². The Morgan fingerprint density at radius 2 is 1.96 bits per heavy atom. The van der Waals surface area contributed by atoms with Crippen molar-refractivity contribution in [1.82, 2.24) is 0 Å². The van der Waals surface area contributed by atoms with Crippen LogP contribution in [0.5, 0.6) is 0 Å². The largest absolute Gasteiger partial charge is 0.447 e. The van der Waals surface area contributed by atoms with Crippen molar-refractivity contribution in [1.29, 1.82) is 0 Å². The van der Waals surface area contributed by atoms with Crippen LogP contribution in [0, 0.1) is 11.6 Å². The van der Waals surface area contributed by atoms with Gasteiger partial charge in [-0.05, 0) is 5.53 Å². The second-order valence-corrected chi connectivity index (χ2v) is 5.05. The summed E-state index contributed by atoms with van der Waals surface area (Å²) in [5.74, 6) is -2.01. The number of hydrogen-bond acceptors (Lipinski definition) is 5. The molecule has 0 bridgehead atoms. The van der Waals surface area contributed by atoms with Crippen molar-refractivity contribution < 1.29 is 27.8 Å². The van der Waals surface area contributed by atoms with Gasteiger partial charge in [0.25, 0.3) is 0 Å². The molecule has 2 aliphatic rings. The van der Waals surface area contributed by atoms with Gasteiger partial charge in [-0.25, -0.2) is 18.4 Å². The van der Waals surface area contributed by atoms with Gasteiger partial charge in [-0.15, -0.1) is 0 Å². The number of carbonyl (C=O) groups is 2. The summed E-state index contributed by atoms with van der Waals surface area (Å²) in [6.45, 7) is -0.0196. The fourth-order valence-corrected chi connectivity index (χ4v) is 2.52. The van der Waals surface area contributed by atoms with Crippen LogP contribution in [0.15, 0.2) is 17.2 Å². The second kappa shape index (κ2) is 6.20. The van der Waals surface area contributed by atoms with Crippen LogP contribution in [0.1, 0.15) is 0 Å². The average molecular weight is 339 g/mol. The average Bonchev–Trinajstić information content (AvgIpc) is 3.11. The topological polar surface area (TPSA) is 108 Å². The molecule has 0 radical (unpaired) electrons. The molecule has 1 aromatic carbocycles. The highest BCUT2D eigenvalue weighted by molar-refractivity contribution is 5.92. The van der Waals surface area contributed by atoms with Crippen LogP contribution in [0.2, 0.25) is 0 Å². The molecule has 0 spiro atoms. The molecule has 0 N–H and O–H groups in total. The second-order valence-electron chi connectivity index (χ2n) is 5.05. The number of halogens is 2. The van der Waals surface area contributed by atoms with Gasteiger partial charge in [0.1, 0.15) is 18.4 Å². The number of rotatable bonds is 4. The lowest BCUT2D eigenvalue weighted by atomic mass is 10.2. The van der Waals surface area contributed by atoms with Crippen LogP contribution in [-0.2, 0) is 9.47 Å². The molecular weight excluding hydrogens is 328 g/mol. The van der Waals surface area contributed by atoms with E-state index in [1.165, 1.54) is 0 Å². The lowest BCUT2D eigenvalue weighted by molar-refractivity contribution is 0.145. The highest BCUT2D eigenvalue weighted by Crippen LogP contribution is 2.32. The van der Waals surface area contributed by atoms with Crippen molar-refractivity contribution in [3.8, 4) is 0 Å². The number of anilines is 2. The summed E-state index contributed by atoms with van der Waals surface area (Å²) in [4.78, 5) is 27.7. The van der Waals surface area contributed by atoms with E-state index in [1.807, 2.05) is 0 Å². The van der Waals surface area contributed by atoms with Crippen LogP contribution in [0.4, 0.5) is 29.7 Å². The predicted octanol–water partition coefficient (Wildman–Crippen LogP) is 2.56. The molecule has 9 nitrogen and oxygen atoms in total. The summed E-state index contributed by atoms with van der Waals surface area (Å²) in [6, 6.07) is 1.86. The Morgan fingerprint density at radius 1 is 1.25 bits per heavy atom. The molecule has 0 aromatic heterocycles. The third-order valence-corrected chi connectivity index (χ3v) is 3.57. The van der Waals surface area contributed by atoms with Gasteiger partial charge in [0.05, 0.1) is 25.3 Å². The zero-order valence-electron chi connectivity index (χ0n) is 12.2. The normalized spacial score (nSPS) is 20.0. The molecule has 3 rings (SSSR count). The van der Waals surface area contributed by atoms with Crippen LogP contribution in [0.25, 0.3) is 10.4 Å². The number of ether oxygens (including phenoxy) is 2. The van der Waals surface area contributed by atoms with Gasteiger partial charge >= 0.3 is 12.2 Å². The van der Waals surface area contributed by atoms with Crippen LogP contribution < -0.4 is 9.80 Å². The van der Waals surface area contributed by atoms with Crippen LogP contribution in [-0.4, -0.2) is 44.5 Å². The fourth-order valence-electron chi connectivity index (χ4n) is 2.52. The van der Waals surface area contributed by atoms with Crippen molar-refractivity contribution in [2.24, 2.45) is 5.11 Å². The summed E-state index contributed by atoms with van der Waals surface area (Å²) >= 11 is 0. The Kier molecular flexibility index (Phi) is 4.09. The Hall–Kier alpha value is -3.07. The third-order valence-electron chi connectivity index (χ3n) is 3.57. The first-order chi connectivity index (χ1) is 11.5. The van der Waals surface area contributed by atoms with Crippen molar-refractivity contribution >= 4 is 23.6 Å². The third kappa shape index (κ3) is 2.76. The minimum Gasteiger partial charge on any atom is -0.447 e. The van der Waals surface area contributed by atoms with E-state index < -0.39 is 35.6 Å². The summed E-state index contributed by atoms with van der Waals surface area (Å²) in [6.07, 6.45) is -2.34. The summed E-state index contributed by atoms with van der Waals surface area (Å²) in [5.41, 5.74) is 7.68. The van der Waals surface area contributed by atoms with E-state index in [0.717, 1.165) is 21.9 Å². The van der Waals surface area contributed by atoms with Crippen LogP contribution in [0.3, 0.4) is 0 Å². The number of benzene rings is 1. The molecular formula is C13H11F2N5O4. The zero-order valence-corrected chi connectivity index (χ0v) is 12.2. The number of azide groups is 1. The molecule has 24 heavy (non-hydrogen) atoms. The Labute approximate surface area is 134 Å². The quantitative estimate of drug-likeness (QED) is 0.477. The SMILES string of the molecule is [N-]=[N+]=NCC1CN(c2cc(F)c(N3CCOC3=O)c(F)c2)C(=O)O1. The lowest BCUT2D eigenvalue weighted by Crippen LogP contribution is -2.28. The standard InChI is InChI=1S/C13H11F2N5O4/c14-9-3-7(20-6-8(5-17-18-16)24-13(20)22)4-10(15)11(9)19-1-2-23-12(19)21/h3-4,8H,1-2,5-6H2. The number of nitrogens with zero attached hydrogens (tertiary/aromatic N) is 5. The highest BCUT2D eigenvalue weighted by atomic mass is 19.1. The molecule has 2 saturated heterocycles. The van der Waals surface area contributed by atoms with Gasteiger partial charge in [0.2, 0.25) is 0 Å². The van der Waals surface area contributed by atoms with Gasteiger partial charge in [0.15, 0.2) is 11.6 Å². The Balaban J connectivity index is 1.86. The summed E-state index contributed by atoms with van der Waals surface area (Å²) in [7, 11) is 0. The van der Waals surface area contributed by atoms with Gasteiger partial charge in [-0.1, -0.05) is 5.11 Å². The van der Waals surface area contributed by atoms with E-state index in [1.54, 1.807) is 0 Å². The molecule has 11 heteroatoms. The fraction of sp³-hybridized carbons (Fsp3) is 0.385. The molecule has 1 aromatic rings. The first kappa shape index (κ1) is 15.8. The van der Waals surface area contributed by atoms with E-state index in [9.17, 15) is 18.4 Å². The molecule has 0 saturated carbocycles. The maximum Gasteiger partial charge on any atom is 0.414 e. The highest BCUT2D eigenvalue weighted by Gasteiger charge is 2.34. The van der Waals surface area contributed by atoms with Gasteiger partial charge in [-0.3, -0.25) is 9.80 Å². The minimum absolute atomic E-state index is 0.0121. The van der Waals surface area contributed by atoms with Crippen molar-refractivity contribution in [3.05, 3.63) is 34.2 Å². The maximum atomic E-state index is 14.3. The first-order valence-corrected chi connectivity index (χ1v) is 6.93. The number of amides is 2. The first-order valence-electron chi connectivity index (χ1n) is 6.93. The zero-order chi connectivity index (χ0) is 17.3. The van der Waals surface area contributed by atoms with Gasteiger partial charge in [-0.2, -0.15) is 0 Å². The van der Waals surface area contributed by atoms with Crippen LogP contribution >= 0.6 is 0 Å². The molecule has 2 aliphatic heterocycles. The summed E-state index contributed by atoms with van der Waals surface area (Å²) in [5, 5.41) is 3.30. The maximum absolute atomic E-state index is 14.3. The van der Waals surface area contributed by atoms with E-state index in [0.29, 0.717) is 0 Å². The van der Waals surface area contributed by atoms with Crippen molar-refractivity contribution in [2.45, 2.75) is 6.10 Å². The monoisotopic (exact) mass is 339 g/mol. The Bertz CT molecular complexity index is 729. The van der Waals surface area contributed by atoms with Crippen molar-refractivity contribution in [2.75, 3.05) is 36.0 Å². The molecule has 126 valence electrons. The van der Waals surface area contributed by atoms with E-state index in [4.69, 9.17) is 10.3 Å². The number of hydrogen-bond donors (Lipinski definition) is 0. The molecule has 0 aliphatic carbocycles. The van der Waals surface area contributed by atoms with E-state index in [2.05, 4.69) is 14.8 Å². The molecule has 2 amide bonds. The predicted molar refractivity (Wildman–Crippen MR) is 76.7 cm³/mol. The molecule has 2 heterocycles. The minimum atomic E-state index is -1.00. The molecule has 1 atom stereocenters. The molecule has 2 fully saturated rings. The van der Waals surface area contributed by atoms with Gasteiger partial charge in [0, 0.05) is 17.0 Å². The lowest BCUT2D eigenvalue weighted by Gasteiger charge is -2.18. The molecule has 1 unspecified atom stereocenters. The number of carbonyl (C=O) groups excluding carboxylic acids is 2. The number of cyclic esters (lactones) is 2. The Morgan fingerprint density at radius 3 is 2.54 bits per heavy atom.